The van der Waals surface area contributed by atoms with Crippen molar-refractivity contribution in [3.63, 3.8) is 0 Å². The van der Waals surface area contributed by atoms with E-state index in [4.69, 9.17) is 8.83 Å². The Morgan fingerprint density at radius 1 is 0.400 bits per heavy atom. The zero-order valence-corrected chi connectivity index (χ0v) is 36.7. The minimum absolute atomic E-state index is 0.337. The minimum Gasteiger partial charge on any atom is -0.456 e. The molecule has 0 amide bonds. The van der Waals surface area contributed by atoms with Crippen LogP contribution in [-0.2, 0) is 6.18 Å². The van der Waals surface area contributed by atoms with Crippen molar-refractivity contribution in [2.45, 2.75) is 52.6 Å². The van der Waals surface area contributed by atoms with Crippen LogP contribution in [0, 0.1) is 6.92 Å². The Balaban J connectivity index is 1.01. The summed E-state index contributed by atoms with van der Waals surface area (Å²) in [6, 6.07) is 56.4. The smallest absolute Gasteiger partial charge is 0.416 e. The third-order valence-electron chi connectivity index (χ3n) is 12.9. The summed E-state index contributed by atoms with van der Waals surface area (Å²) >= 11 is 0. The normalized spacial score (nSPS) is 12.3. The molecule has 0 fully saturated rings. The van der Waals surface area contributed by atoms with E-state index in [0.717, 1.165) is 100 Å². The first-order valence-electron chi connectivity index (χ1n) is 22.1. The molecule has 0 N–H and O–H groups in total. The lowest BCUT2D eigenvalue weighted by atomic mass is 10.0. The molecule has 0 aliphatic heterocycles. The molecule has 0 saturated carbocycles. The van der Waals surface area contributed by atoms with Crippen molar-refractivity contribution in [2.24, 2.45) is 0 Å². The van der Waals surface area contributed by atoms with Gasteiger partial charge in [0.1, 0.15) is 22.3 Å². The van der Waals surface area contributed by atoms with E-state index in [2.05, 4.69) is 155 Å². The number of furan rings is 2. The largest absolute Gasteiger partial charge is 0.456 e. The Hall–Kier alpha value is -7.51. The first-order chi connectivity index (χ1) is 31.4. The number of fused-ring (bicyclic) bond motifs is 9. The van der Waals surface area contributed by atoms with Crippen LogP contribution >= 0.6 is 0 Å². The first kappa shape index (κ1) is 40.3. The number of halogens is 3. The molecule has 0 unspecified atom stereocenters. The topological polar surface area (TPSA) is 32.8 Å². The average molecular weight is 859 g/mol. The van der Waals surface area contributed by atoms with Crippen molar-refractivity contribution in [1.82, 2.24) is 0 Å². The maximum absolute atomic E-state index is 13.6. The second kappa shape index (κ2) is 15.3. The van der Waals surface area contributed by atoms with Gasteiger partial charge >= 0.3 is 6.18 Å². The van der Waals surface area contributed by atoms with Gasteiger partial charge in [0.05, 0.1) is 10.9 Å². The van der Waals surface area contributed by atoms with Crippen LogP contribution < -0.4 is 9.80 Å². The highest BCUT2D eigenvalue weighted by atomic mass is 19.4. The Kier molecular flexibility index (Phi) is 9.50. The van der Waals surface area contributed by atoms with E-state index in [9.17, 15) is 13.2 Å². The van der Waals surface area contributed by atoms with Crippen LogP contribution in [0.3, 0.4) is 0 Å². The molecule has 2 heterocycles. The summed E-state index contributed by atoms with van der Waals surface area (Å²) in [5.41, 5.74) is 11.5. The number of benzene rings is 9. The Bertz CT molecular complexity index is 3580. The third-order valence-corrected chi connectivity index (χ3v) is 12.9. The van der Waals surface area contributed by atoms with Gasteiger partial charge in [-0.1, -0.05) is 81.8 Å². The standard InChI is InChI=1S/C58H45F3N2O2/c1-34(2)37-8-18-45(19-9-37)62(44-16-6-36(5)7-17-44)48-22-12-39-30-51-50-26-27-53-56(57(50)65-54(51)32-41(39)28-48)52-31-40-13-23-49(29-42(40)33-55(52)64-53)63(46-20-10-38(11-21-46)35(3)4)47-24-14-43(15-25-47)58(59,60)61/h6-35H,1-5H3. The highest BCUT2D eigenvalue weighted by Crippen LogP contribution is 2.44. The molecule has 65 heavy (non-hydrogen) atoms. The molecule has 4 nitrogen and oxygen atoms in total. The van der Waals surface area contributed by atoms with Crippen LogP contribution in [0.4, 0.5) is 47.3 Å². The second-order valence-corrected chi connectivity index (χ2v) is 17.8. The number of hydrogen-bond donors (Lipinski definition) is 0. The second-order valence-electron chi connectivity index (χ2n) is 17.8. The molecular formula is C58H45F3N2O2. The van der Waals surface area contributed by atoms with E-state index in [1.807, 2.05) is 35.2 Å². The highest BCUT2D eigenvalue weighted by Gasteiger charge is 2.30. The van der Waals surface area contributed by atoms with Crippen molar-refractivity contribution in [1.29, 1.82) is 0 Å². The molecule has 11 aromatic rings. The monoisotopic (exact) mass is 858 g/mol. The lowest BCUT2D eigenvalue weighted by Gasteiger charge is -2.26. The molecule has 0 saturated heterocycles. The Labute approximate surface area is 374 Å². The molecule has 0 spiro atoms. The van der Waals surface area contributed by atoms with Gasteiger partial charge < -0.3 is 18.6 Å². The van der Waals surface area contributed by atoms with E-state index in [1.165, 1.54) is 28.8 Å². The fourth-order valence-electron chi connectivity index (χ4n) is 9.24. The molecule has 11 rings (SSSR count). The van der Waals surface area contributed by atoms with E-state index in [1.54, 1.807) is 0 Å². The number of aryl methyl sites for hydroxylation is 1. The predicted molar refractivity (Wildman–Crippen MR) is 263 cm³/mol. The number of nitrogens with zero attached hydrogens (tertiary/aromatic N) is 2. The van der Waals surface area contributed by atoms with Gasteiger partial charge in [0.15, 0.2) is 0 Å². The van der Waals surface area contributed by atoms with Crippen molar-refractivity contribution in [3.05, 3.63) is 192 Å². The summed E-state index contributed by atoms with van der Waals surface area (Å²) in [7, 11) is 0. The van der Waals surface area contributed by atoms with Gasteiger partial charge in [-0.05, 0) is 173 Å². The van der Waals surface area contributed by atoms with Crippen molar-refractivity contribution >= 4 is 99.5 Å². The lowest BCUT2D eigenvalue weighted by molar-refractivity contribution is -0.137. The number of hydrogen-bond acceptors (Lipinski definition) is 4. The van der Waals surface area contributed by atoms with Gasteiger partial charge in [0, 0.05) is 50.3 Å². The number of anilines is 6. The molecule has 9 aromatic carbocycles. The van der Waals surface area contributed by atoms with Crippen LogP contribution in [0.1, 0.15) is 61.8 Å². The van der Waals surface area contributed by atoms with Gasteiger partial charge in [0.25, 0.3) is 0 Å². The summed E-state index contributed by atoms with van der Waals surface area (Å²) in [6.07, 6.45) is -4.43. The molecule has 2 aromatic heterocycles. The van der Waals surface area contributed by atoms with Crippen LogP contribution in [-0.4, -0.2) is 0 Å². The van der Waals surface area contributed by atoms with Gasteiger partial charge in [-0.15, -0.1) is 0 Å². The fraction of sp³-hybridized carbons (Fsp3) is 0.138. The van der Waals surface area contributed by atoms with E-state index in [-0.39, 0.29) is 0 Å². The maximum Gasteiger partial charge on any atom is 0.416 e. The maximum atomic E-state index is 13.6. The number of alkyl halides is 3. The minimum atomic E-state index is -4.43. The van der Waals surface area contributed by atoms with Gasteiger partial charge in [-0.25, -0.2) is 0 Å². The molecule has 7 heteroatoms. The Morgan fingerprint density at radius 3 is 1.34 bits per heavy atom. The molecule has 0 radical (unpaired) electrons. The van der Waals surface area contributed by atoms with Crippen molar-refractivity contribution in [2.75, 3.05) is 9.80 Å². The Morgan fingerprint density at radius 2 is 0.846 bits per heavy atom. The summed E-state index contributed by atoms with van der Waals surface area (Å²) in [4.78, 5) is 4.29. The SMILES string of the molecule is Cc1ccc(N(c2ccc(C(C)C)cc2)c2ccc3cc4c(cc3c2)oc2c4ccc3oc4cc5cc(N(c6ccc(C(C)C)cc6)c6ccc(C(F)(F)F)cc6)ccc5cc4c32)cc1. The van der Waals surface area contributed by atoms with Crippen LogP contribution in [0.2, 0.25) is 0 Å². The highest BCUT2D eigenvalue weighted by molar-refractivity contribution is 6.24. The van der Waals surface area contributed by atoms with Crippen molar-refractivity contribution in [3.8, 4) is 0 Å². The molecule has 320 valence electrons. The van der Waals surface area contributed by atoms with Gasteiger partial charge in [-0.3, -0.25) is 0 Å². The molecule has 0 atom stereocenters. The zero-order valence-electron chi connectivity index (χ0n) is 36.7. The predicted octanol–water partition coefficient (Wildman–Crippen LogP) is 18.3. The van der Waals surface area contributed by atoms with E-state index >= 15 is 0 Å². The molecule has 0 aliphatic rings. The van der Waals surface area contributed by atoms with Crippen LogP contribution in [0.15, 0.2) is 179 Å². The quantitative estimate of drug-likeness (QED) is 0.152. The fourth-order valence-corrected chi connectivity index (χ4v) is 9.24. The van der Waals surface area contributed by atoms with Crippen LogP contribution in [0.25, 0.3) is 65.4 Å². The third kappa shape index (κ3) is 7.12. The zero-order chi connectivity index (χ0) is 44.7. The first-order valence-corrected chi connectivity index (χ1v) is 22.1. The number of rotatable bonds is 8. The molecule has 0 bridgehead atoms. The van der Waals surface area contributed by atoms with Gasteiger partial charge in [0.2, 0.25) is 0 Å². The summed E-state index contributed by atoms with van der Waals surface area (Å²) in [5, 5.41) is 8.02. The van der Waals surface area contributed by atoms with Gasteiger partial charge in [-0.2, -0.15) is 13.2 Å². The summed E-state index contributed by atoms with van der Waals surface area (Å²) in [5.74, 6) is 0.781. The molecular weight excluding hydrogens is 814 g/mol. The van der Waals surface area contributed by atoms with E-state index in [0.29, 0.717) is 23.1 Å². The average Bonchev–Trinajstić information content (AvgIpc) is 3.85. The summed E-state index contributed by atoms with van der Waals surface area (Å²) < 4.78 is 54.2. The van der Waals surface area contributed by atoms with E-state index < -0.39 is 11.7 Å². The van der Waals surface area contributed by atoms with Crippen LogP contribution in [0.5, 0.6) is 0 Å². The summed E-state index contributed by atoms with van der Waals surface area (Å²) in [6.45, 7) is 10.8. The molecule has 0 aliphatic carbocycles. The lowest BCUT2D eigenvalue weighted by Crippen LogP contribution is -2.11. The van der Waals surface area contributed by atoms with Crippen molar-refractivity contribution < 1.29 is 22.0 Å².